The molecule has 1 aliphatic heterocycles. The Morgan fingerprint density at radius 1 is 1.32 bits per heavy atom. The standard InChI is InChI=1S/C16H16F3N3O2S/c17-16(18,19)10-2-1-3-12(8-10)24-11-4-6-22(7-5-11)15-21-9-13(25-15)14(20)23/h1-3,8-9,11H,4-7H2,(H2,20,23). The van der Waals surface area contributed by atoms with E-state index in [4.69, 9.17) is 10.5 Å². The lowest BCUT2D eigenvalue weighted by Gasteiger charge is -2.32. The van der Waals surface area contributed by atoms with Crippen molar-refractivity contribution < 1.29 is 22.7 Å². The van der Waals surface area contributed by atoms with Gasteiger partial charge in [0, 0.05) is 25.9 Å². The average molecular weight is 371 g/mol. The van der Waals surface area contributed by atoms with Crippen LogP contribution in [0.3, 0.4) is 0 Å². The molecule has 0 aliphatic carbocycles. The van der Waals surface area contributed by atoms with E-state index in [1.165, 1.54) is 29.7 Å². The highest BCUT2D eigenvalue weighted by molar-refractivity contribution is 7.17. The summed E-state index contributed by atoms with van der Waals surface area (Å²) < 4.78 is 43.9. The zero-order valence-electron chi connectivity index (χ0n) is 13.1. The molecule has 5 nitrogen and oxygen atoms in total. The molecule has 25 heavy (non-hydrogen) atoms. The highest BCUT2D eigenvalue weighted by Gasteiger charge is 2.31. The second-order valence-corrected chi connectivity index (χ2v) is 6.71. The molecule has 0 bridgehead atoms. The van der Waals surface area contributed by atoms with Crippen molar-refractivity contribution in [1.29, 1.82) is 0 Å². The van der Waals surface area contributed by atoms with Crippen LogP contribution >= 0.6 is 11.3 Å². The molecule has 9 heteroatoms. The number of piperidine rings is 1. The molecule has 0 saturated carbocycles. The predicted molar refractivity (Wildman–Crippen MR) is 87.9 cm³/mol. The monoisotopic (exact) mass is 371 g/mol. The number of rotatable bonds is 4. The number of carbonyl (C=O) groups excluding carboxylic acids is 1. The Hall–Kier alpha value is -2.29. The van der Waals surface area contributed by atoms with Crippen LogP contribution in [-0.2, 0) is 6.18 Å². The van der Waals surface area contributed by atoms with Crippen molar-refractivity contribution in [3.8, 4) is 5.75 Å². The number of benzene rings is 1. The molecule has 134 valence electrons. The van der Waals surface area contributed by atoms with Crippen molar-refractivity contribution in [2.24, 2.45) is 5.73 Å². The smallest absolute Gasteiger partial charge is 0.416 e. The number of halogens is 3. The van der Waals surface area contributed by atoms with E-state index in [9.17, 15) is 18.0 Å². The predicted octanol–water partition coefficient (Wildman–Crippen LogP) is 3.31. The minimum atomic E-state index is -4.38. The maximum absolute atomic E-state index is 12.7. The van der Waals surface area contributed by atoms with E-state index in [1.54, 1.807) is 0 Å². The van der Waals surface area contributed by atoms with Crippen molar-refractivity contribution in [3.63, 3.8) is 0 Å². The molecule has 0 atom stereocenters. The molecule has 1 saturated heterocycles. The molecular weight excluding hydrogens is 355 g/mol. The van der Waals surface area contributed by atoms with E-state index in [0.717, 1.165) is 12.1 Å². The summed E-state index contributed by atoms with van der Waals surface area (Å²) in [5, 5.41) is 0.714. The zero-order chi connectivity index (χ0) is 18.0. The van der Waals surface area contributed by atoms with E-state index < -0.39 is 17.6 Å². The molecule has 3 rings (SSSR count). The molecule has 0 radical (unpaired) electrons. The summed E-state index contributed by atoms with van der Waals surface area (Å²) in [5.41, 5.74) is 4.50. The van der Waals surface area contributed by atoms with Gasteiger partial charge >= 0.3 is 6.18 Å². The van der Waals surface area contributed by atoms with Gasteiger partial charge in [-0.1, -0.05) is 17.4 Å². The summed E-state index contributed by atoms with van der Waals surface area (Å²) >= 11 is 1.23. The minimum Gasteiger partial charge on any atom is -0.490 e. The van der Waals surface area contributed by atoms with Crippen LogP contribution in [-0.4, -0.2) is 30.1 Å². The largest absolute Gasteiger partial charge is 0.490 e. The van der Waals surface area contributed by atoms with Gasteiger partial charge in [-0.05, 0) is 18.2 Å². The number of hydrogen-bond acceptors (Lipinski definition) is 5. The number of primary amides is 1. The maximum Gasteiger partial charge on any atom is 0.416 e. The van der Waals surface area contributed by atoms with E-state index in [2.05, 4.69) is 4.98 Å². The normalized spacial score (nSPS) is 16.0. The number of nitrogens with two attached hydrogens (primary N) is 1. The number of hydrogen-bond donors (Lipinski definition) is 1. The van der Waals surface area contributed by atoms with E-state index in [1.807, 2.05) is 4.90 Å². The Morgan fingerprint density at radius 2 is 2.04 bits per heavy atom. The fraction of sp³-hybridized carbons (Fsp3) is 0.375. The van der Waals surface area contributed by atoms with Crippen LogP contribution in [0.2, 0.25) is 0 Å². The van der Waals surface area contributed by atoms with Gasteiger partial charge < -0.3 is 15.4 Å². The van der Waals surface area contributed by atoms with Gasteiger partial charge in [0.25, 0.3) is 5.91 Å². The van der Waals surface area contributed by atoms with Crippen LogP contribution in [0.25, 0.3) is 0 Å². The summed E-state index contributed by atoms with van der Waals surface area (Å²) in [5.74, 6) is -0.287. The molecule has 1 amide bonds. The summed E-state index contributed by atoms with van der Waals surface area (Å²) in [6, 6.07) is 4.91. The number of carbonyl (C=O) groups is 1. The maximum atomic E-state index is 12.7. The van der Waals surface area contributed by atoms with Gasteiger partial charge in [-0.3, -0.25) is 4.79 Å². The third kappa shape index (κ3) is 4.22. The Kier molecular flexibility index (Phi) is 4.85. The van der Waals surface area contributed by atoms with Crippen molar-refractivity contribution >= 4 is 22.4 Å². The number of anilines is 1. The number of ether oxygens (including phenoxy) is 1. The number of alkyl halides is 3. The molecule has 2 N–H and O–H groups in total. The Labute approximate surface area is 146 Å². The van der Waals surface area contributed by atoms with Crippen molar-refractivity contribution in [1.82, 2.24) is 4.98 Å². The molecule has 1 aromatic heterocycles. The highest BCUT2D eigenvalue weighted by Crippen LogP contribution is 2.32. The van der Waals surface area contributed by atoms with Gasteiger partial charge in [0.2, 0.25) is 0 Å². The van der Waals surface area contributed by atoms with E-state index in [-0.39, 0.29) is 11.9 Å². The summed E-state index contributed by atoms with van der Waals surface area (Å²) in [6.45, 7) is 1.30. The lowest BCUT2D eigenvalue weighted by Crippen LogP contribution is -2.38. The van der Waals surface area contributed by atoms with Crippen molar-refractivity contribution in [3.05, 3.63) is 40.9 Å². The van der Waals surface area contributed by atoms with E-state index in [0.29, 0.717) is 35.9 Å². The van der Waals surface area contributed by atoms with Crippen LogP contribution in [0.4, 0.5) is 18.3 Å². The zero-order valence-corrected chi connectivity index (χ0v) is 13.9. The fourth-order valence-electron chi connectivity index (χ4n) is 2.63. The SMILES string of the molecule is NC(=O)c1cnc(N2CCC(Oc3cccc(C(F)(F)F)c3)CC2)s1. The first kappa shape index (κ1) is 17.5. The summed E-state index contributed by atoms with van der Waals surface area (Å²) in [7, 11) is 0. The first-order valence-corrected chi connectivity index (χ1v) is 8.49. The first-order valence-electron chi connectivity index (χ1n) is 7.67. The molecule has 1 aromatic carbocycles. The van der Waals surface area contributed by atoms with Crippen LogP contribution in [0, 0.1) is 0 Å². The number of nitrogens with zero attached hydrogens (tertiary/aromatic N) is 2. The summed E-state index contributed by atoms with van der Waals surface area (Å²) in [4.78, 5) is 17.7. The van der Waals surface area contributed by atoms with Gasteiger partial charge in [-0.25, -0.2) is 4.98 Å². The van der Waals surface area contributed by atoms with Crippen LogP contribution in [0.1, 0.15) is 28.1 Å². The highest BCUT2D eigenvalue weighted by atomic mass is 32.1. The Morgan fingerprint density at radius 3 is 2.64 bits per heavy atom. The van der Waals surface area contributed by atoms with Gasteiger partial charge in [0.1, 0.15) is 16.7 Å². The van der Waals surface area contributed by atoms with Crippen molar-refractivity contribution in [2.45, 2.75) is 25.1 Å². The van der Waals surface area contributed by atoms with Gasteiger partial charge in [0.05, 0.1) is 11.8 Å². The lowest BCUT2D eigenvalue weighted by atomic mass is 10.1. The second kappa shape index (κ2) is 6.91. The van der Waals surface area contributed by atoms with Gasteiger partial charge in [-0.15, -0.1) is 0 Å². The molecule has 2 heterocycles. The van der Waals surface area contributed by atoms with Crippen LogP contribution in [0.5, 0.6) is 5.75 Å². The van der Waals surface area contributed by atoms with Crippen LogP contribution < -0.4 is 15.4 Å². The second-order valence-electron chi connectivity index (χ2n) is 5.70. The third-order valence-corrected chi connectivity index (χ3v) is 4.99. The number of aromatic nitrogens is 1. The lowest BCUT2D eigenvalue weighted by molar-refractivity contribution is -0.137. The molecule has 0 unspecified atom stereocenters. The molecular formula is C16H16F3N3O2S. The number of amides is 1. The Balaban J connectivity index is 1.58. The quantitative estimate of drug-likeness (QED) is 0.895. The molecule has 2 aromatic rings. The first-order chi connectivity index (χ1) is 11.8. The number of thiazole rings is 1. The average Bonchev–Trinajstić information content (AvgIpc) is 3.05. The van der Waals surface area contributed by atoms with Crippen molar-refractivity contribution in [2.75, 3.05) is 18.0 Å². The van der Waals surface area contributed by atoms with Crippen LogP contribution in [0.15, 0.2) is 30.5 Å². The molecule has 1 aliphatic rings. The minimum absolute atomic E-state index is 0.157. The van der Waals surface area contributed by atoms with E-state index >= 15 is 0 Å². The Bertz CT molecular complexity index is 755. The third-order valence-electron chi connectivity index (χ3n) is 3.91. The molecule has 1 fully saturated rings. The fourth-order valence-corrected chi connectivity index (χ4v) is 3.45. The topological polar surface area (TPSA) is 68.5 Å². The molecule has 0 spiro atoms. The van der Waals surface area contributed by atoms with Gasteiger partial charge in [-0.2, -0.15) is 13.2 Å². The van der Waals surface area contributed by atoms with Gasteiger partial charge in [0.15, 0.2) is 5.13 Å². The summed E-state index contributed by atoms with van der Waals surface area (Å²) in [6.07, 6.45) is -1.78.